The molecular formula is C22H15F3N4O3S. The fraction of sp³-hybridized carbons (Fsp3) is 0.0909. The molecule has 0 bridgehead atoms. The highest BCUT2D eigenvalue weighted by Gasteiger charge is 2.34. The fourth-order valence-corrected chi connectivity index (χ4v) is 3.72. The van der Waals surface area contributed by atoms with Gasteiger partial charge in [-0.2, -0.15) is 13.2 Å². The number of hydrogen-bond donors (Lipinski definition) is 2. The van der Waals surface area contributed by atoms with E-state index in [2.05, 4.69) is 20.6 Å². The van der Waals surface area contributed by atoms with E-state index in [4.69, 9.17) is 4.42 Å². The summed E-state index contributed by atoms with van der Waals surface area (Å²) in [6, 6.07) is 11.3. The number of rotatable bonds is 6. The van der Waals surface area contributed by atoms with E-state index >= 15 is 0 Å². The van der Waals surface area contributed by atoms with Crippen LogP contribution >= 0.6 is 11.3 Å². The number of furan rings is 1. The molecule has 0 radical (unpaired) electrons. The second kappa shape index (κ2) is 9.25. The number of anilines is 2. The summed E-state index contributed by atoms with van der Waals surface area (Å²) in [4.78, 5) is 33.0. The second-order valence-electron chi connectivity index (χ2n) is 6.77. The Morgan fingerprint density at radius 1 is 1.06 bits per heavy atom. The number of nitrogens with zero attached hydrogens (tertiary/aromatic N) is 2. The molecule has 11 heteroatoms. The first-order valence-electron chi connectivity index (χ1n) is 9.51. The number of aromatic nitrogens is 2. The standard InChI is InChI=1S/C22H15F3N4O3S/c23-22(24,25)15-10-13(27-20(31)18-5-3-9-32-18)6-7-16(15)29-19(30)11-14-12-33-21(28-14)17-4-1-2-8-26-17/h1-10,12H,11H2,(H,27,31)(H,29,30). The van der Waals surface area contributed by atoms with E-state index in [9.17, 15) is 22.8 Å². The summed E-state index contributed by atoms with van der Waals surface area (Å²) < 4.78 is 45.7. The molecule has 0 spiro atoms. The summed E-state index contributed by atoms with van der Waals surface area (Å²) in [7, 11) is 0. The monoisotopic (exact) mass is 472 g/mol. The Kier molecular flexibility index (Phi) is 6.22. The van der Waals surface area contributed by atoms with E-state index in [-0.39, 0.29) is 17.9 Å². The highest BCUT2D eigenvalue weighted by atomic mass is 32.1. The van der Waals surface area contributed by atoms with Gasteiger partial charge in [0, 0.05) is 17.3 Å². The van der Waals surface area contributed by atoms with Crippen molar-refractivity contribution in [3.05, 3.63) is 83.4 Å². The van der Waals surface area contributed by atoms with Gasteiger partial charge in [0.25, 0.3) is 5.91 Å². The van der Waals surface area contributed by atoms with E-state index < -0.39 is 29.2 Å². The molecule has 0 aliphatic rings. The van der Waals surface area contributed by atoms with E-state index in [0.29, 0.717) is 16.4 Å². The summed E-state index contributed by atoms with van der Waals surface area (Å²) in [5.41, 5.74) is -0.569. The van der Waals surface area contributed by atoms with Gasteiger partial charge in [0.1, 0.15) is 5.01 Å². The molecule has 0 aliphatic carbocycles. The van der Waals surface area contributed by atoms with E-state index in [1.807, 2.05) is 0 Å². The van der Waals surface area contributed by atoms with E-state index in [1.165, 1.54) is 35.8 Å². The van der Waals surface area contributed by atoms with Crippen LogP contribution in [0.4, 0.5) is 24.5 Å². The molecule has 0 atom stereocenters. The van der Waals surface area contributed by atoms with Crippen LogP contribution in [0, 0.1) is 0 Å². The van der Waals surface area contributed by atoms with Gasteiger partial charge in [-0.05, 0) is 42.5 Å². The molecular weight excluding hydrogens is 457 g/mol. The molecule has 1 aromatic carbocycles. The first-order valence-corrected chi connectivity index (χ1v) is 10.4. The van der Waals surface area contributed by atoms with E-state index in [1.54, 1.807) is 29.8 Å². The Balaban J connectivity index is 1.48. The number of pyridine rings is 1. The third-order valence-electron chi connectivity index (χ3n) is 4.38. The maximum atomic E-state index is 13.6. The lowest BCUT2D eigenvalue weighted by Gasteiger charge is -2.15. The minimum atomic E-state index is -4.76. The Morgan fingerprint density at radius 3 is 2.61 bits per heavy atom. The normalized spacial score (nSPS) is 11.2. The first-order chi connectivity index (χ1) is 15.8. The SMILES string of the molecule is O=C(Cc1csc(-c2ccccn2)n1)Nc1ccc(NC(=O)c2ccco2)cc1C(F)(F)F. The van der Waals surface area contributed by atoms with Gasteiger partial charge >= 0.3 is 6.18 Å². The number of thiazole rings is 1. The van der Waals surface area contributed by atoms with Gasteiger partial charge in [0.15, 0.2) is 5.76 Å². The average molecular weight is 472 g/mol. The zero-order valence-electron chi connectivity index (χ0n) is 16.7. The van der Waals surface area contributed by atoms with Crippen molar-refractivity contribution in [3.63, 3.8) is 0 Å². The molecule has 0 saturated carbocycles. The molecule has 0 fully saturated rings. The van der Waals surface area contributed by atoms with Crippen molar-refractivity contribution < 1.29 is 27.2 Å². The van der Waals surface area contributed by atoms with Gasteiger partial charge in [-0.1, -0.05) is 6.07 Å². The van der Waals surface area contributed by atoms with Crippen LogP contribution < -0.4 is 10.6 Å². The summed E-state index contributed by atoms with van der Waals surface area (Å²) in [5.74, 6) is -1.41. The van der Waals surface area contributed by atoms with Crippen molar-refractivity contribution in [1.29, 1.82) is 0 Å². The number of benzene rings is 1. The van der Waals surface area contributed by atoms with Gasteiger partial charge < -0.3 is 15.1 Å². The molecule has 7 nitrogen and oxygen atoms in total. The van der Waals surface area contributed by atoms with Crippen LogP contribution in [-0.4, -0.2) is 21.8 Å². The zero-order chi connectivity index (χ0) is 23.4. The molecule has 0 aliphatic heterocycles. The second-order valence-corrected chi connectivity index (χ2v) is 7.63. The molecule has 0 unspecified atom stereocenters. The molecule has 4 rings (SSSR count). The fourth-order valence-electron chi connectivity index (χ4n) is 2.92. The third-order valence-corrected chi connectivity index (χ3v) is 5.29. The predicted octanol–water partition coefficient (Wildman–Crippen LogP) is 5.25. The van der Waals surface area contributed by atoms with Crippen molar-refractivity contribution in [2.45, 2.75) is 12.6 Å². The highest BCUT2D eigenvalue weighted by Crippen LogP contribution is 2.37. The number of carbonyl (C=O) groups excluding carboxylic acids is 2. The van der Waals surface area contributed by atoms with E-state index in [0.717, 1.165) is 12.1 Å². The van der Waals surface area contributed by atoms with Crippen LogP contribution in [0.2, 0.25) is 0 Å². The van der Waals surface area contributed by atoms with Crippen LogP contribution in [0.3, 0.4) is 0 Å². The predicted molar refractivity (Wildman–Crippen MR) is 116 cm³/mol. The lowest BCUT2D eigenvalue weighted by atomic mass is 10.1. The maximum absolute atomic E-state index is 13.6. The molecule has 4 aromatic rings. The molecule has 3 aromatic heterocycles. The van der Waals surface area contributed by atoms with Crippen molar-refractivity contribution in [3.8, 4) is 10.7 Å². The largest absolute Gasteiger partial charge is 0.459 e. The van der Waals surface area contributed by atoms with Crippen LogP contribution in [0.15, 0.2) is 70.8 Å². The van der Waals surface area contributed by atoms with Crippen LogP contribution in [-0.2, 0) is 17.4 Å². The molecule has 0 saturated heterocycles. The number of alkyl halides is 3. The Hall–Kier alpha value is -3.99. The first kappa shape index (κ1) is 22.2. The lowest BCUT2D eigenvalue weighted by Crippen LogP contribution is -2.19. The van der Waals surface area contributed by atoms with Crippen LogP contribution in [0.1, 0.15) is 21.8 Å². The molecule has 33 heavy (non-hydrogen) atoms. The van der Waals surface area contributed by atoms with Gasteiger partial charge in [-0.25, -0.2) is 4.98 Å². The van der Waals surface area contributed by atoms with Crippen molar-refractivity contribution in [2.24, 2.45) is 0 Å². The van der Waals surface area contributed by atoms with Crippen LogP contribution in [0.25, 0.3) is 10.7 Å². The number of hydrogen-bond acceptors (Lipinski definition) is 6. The van der Waals surface area contributed by atoms with Gasteiger partial charge in [-0.15, -0.1) is 11.3 Å². The Labute approximate surface area is 189 Å². The lowest BCUT2D eigenvalue weighted by molar-refractivity contribution is -0.136. The van der Waals surface area contributed by atoms with Crippen molar-refractivity contribution in [2.75, 3.05) is 10.6 Å². The topological polar surface area (TPSA) is 97.1 Å². The summed E-state index contributed by atoms with van der Waals surface area (Å²) in [6.07, 6.45) is -2.09. The minimum absolute atomic E-state index is 0.0470. The summed E-state index contributed by atoms with van der Waals surface area (Å²) >= 11 is 1.28. The zero-order valence-corrected chi connectivity index (χ0v) is 17.5. The van der Waals surface area contributed by atoms with Crippen molar-refractivity contribution in [1.82, 2.24) is 9.97 Å². The number of halogens is 3. The molecule has 2 N–H and O–H groups in total. The maximum Gasteiger partial charge on any atom is 0.418 e. The molecule has 3 heterocycles. The molecule has 168 valence electrons. The van der Waals surface area contributed by atoms with Gasteiger partial charge in [-0.3, -0.25) is 14.6 Å². The van der Waals surface area contributed by atoms with Crippen molar-refractivity contribution >= 4 is 34.5 Å². The quantitative estimate of drug-likeness (QED) is 0.400. The van der Waals surface area contributed by atoms with Crippen LogP contribution in [0.5, 0.6) is 0 Å². The highest BCUT2D eigenvalue weighted by molar-refractivity contribution is 7.13. The average Bonchev–Trinajstić information content (AvgIpc) is 3.47. The van der Waals surface area contributed by atoms with Gasteiger partial charge in [0.2, 0.25) is 5.91 Å². The number of nitrogens with one attached hydrogen (secondary N) is 2. The Bertz CT molecular complexity index is 1270. The molecule has 2 amide bonds. The summed E-state index contributed by atoms with van der Waals surface area (Å²) in [5, 5.41) is 6.87. The van der Waals surface area contributed by atoms with Gasteiger partial charge in [0.05, 0.1) is 35.3 Å². The smallest absolute Gasteiger partial charge is 0.418 e. The number of amides is 2. The minimum Gasteiger partial charge on any atom is -0.459 e. The summed E-state index contributed by atoms with van der Waals surface area (Å²) in [6.45, 7) is 0. The number of carbonyl (C=O) groups is 2. The third kappa shape index (κ3) is 5.44. The Morgan fingerprint density at radius 2 is 1.91 bits per heavy atom.